The van der Waals surface area contributed by atoms with Crippen LogP contribution in [0.5, 0.6) is 0 Å². The lowest BCUT2D eigenvalue weighted by Crippen LogP contribution is -2.35. The minimum atomic E-state index is -4.47. The Bertz CT molecular complexity index is 958. The molecule has 1 aliphatic heterocycles. The van der Waals surface area contributed by atoms with Crippen molar-refractivity contribution in [2.24, 2.45) is 7.05 Å². The summed E-state index contributed by atoms with van der Waals surface area (Å²) in [5.41, 5.74) is 1.58. The lowest BCUT2D eigenvalue weighted by Gasteiger charge is -2.32. The maximum Gasteiger partial charge on any atom is 0.433 e. The van der Waals surface area contributed by atoms with Gasteiger partial charge in [-0.05, 0) is 38.4 Å². The molecule has 0 radical (unpaired) electrons. The van der Waals surface area contributed by atoms with Crippen LogP contribution in [0.4, 0.5) is 13.2 Å². The maximum atomic E-state index is 13.5. The van der Waals surface area contributed by atoms with Gasteiger partial charge in [-0.3, -0.25) is 9.58 Å². The summed E-state index contributed by atoms with van der Waals surface area (Å²) >= 11 is 0. The summed E-state index contributed by atoms with van der Waals surface area (Å²) in [6.45, 7) is 4.00. The molecule has 0 bridgehead atoms. The molecule has 27 heavy (non-hydrogen) atoms. The zero-order valence-corrected chi connectivity index (χ0v) is 15.2. The Kier molecular flexibility index (Phi) is 4.41. The summed E-state index contributed by atoms with van der Waals surface area (Å²) in [6, 6.07) is 4.72. The first kappa shape index (κ1) is 18.0. The molecule has 4 rings (SSSR count). The number of piperidine rings is 1. The fraction of sp³-hybridized carbons (Fsp3) is 0.500. The average molecular weight is 378 g/mol. The predicted octanol–water partition coefficient (Wildman–Crippen LogP) is 3.17. The largest absolute Gasteiger partial charge is 0.433 e. The number of halogens is 3. The number of rotatable bonds is 3. The van der Waals surface area contributed by atoms with Gasteiger partial charge in [-0.25, -0.2) is 9.50 Å². The van der Waals surface area contributed by atoms with E-state index in [2.05, 4.69) is 20.1 Å². The zero-order valence-electron chi connectivity index (χ0n) is 15.2. The van der Waals surface area contributed by atoms with Gasteiger partial charge in [-0.2, -0.15) is 23.4 Å². The van der Waals surface area contributed by atoms with Gasteiger partial charge in [0.05, 0.1) is 11.4 Å². The van der Waals surface area contributed by atoms with E-state index < -0.39 is 11.9 Å². The third-order valence-electron chi connectivity index (χ3n) is 5.09. The van der Waals surface area contributed by atoms with Gasteiger partial charge in [0.1, 0.15) is 5.69 Å². The molecule has 3 aromatic rings. The fourth-order valence-corrected chi connectivity index (χ4v) is 3.75. The predicted molar refractivity (Wildman–Crippen MR) is 93.2 cm³/mol. The van der Waals surface area contributed by atoms with E-state index in [9.17, 15) is 13.2 Å². The van der Waals surface area contributed by atoms with Crippen LogP contribution in [-0.4, -0.2) is 42.4 Å². The number of nitrogens with zero attached hydrogens (tertiary/aromatic N) is 6. The van der Waals surface area contributed by atoms with Crippen LogP contribution in [0.15, 0.2) is 24.4 Å². The van der Waals surface area contributed by atoms with Gasteiger partial charge in [-0.15, -0.1) is 0 Å². The van der Waals surface area contributed by atoms with Crippen molar-refractivity contribution in [3.05, 3.63) is 47.2 Å². The van der Waals surface area contributed by atoms with Gasteiger partial charge < -0.3 is 0 Å². The highest BCUT2D eigenvalue weighted by Crippen LogP contribution is 2.33. The summed E-state index contributed by atoms with van der Waals surface area (Å²) in [6.07, 6.45) is -0.966. The second kappa shape index (κ2) is 6.63. The van der Waals surface area contributed by atoms with Gasteiger partial charge >= 0.3 is 6.18 Å². The molecule has 3 aromatic heterocycles. The van der Waals surface area contributed by atoms with E-state index in [-0.39, 0.29) is 11.6 Å². The number of fused-ring (bicyclic) bond motifs is 1. The highest BCUT2D eigenvalue weighted by Gasteiger charge is 2.36. The van der Waals surface area contributed by atoms with E-state index in [0.29, 0.717) is 17.9 Å². The van der Waals surface area contributed by atoms with Gasteiger partial charge in [0.15, 0.2) is 5.65 Å². The third-order valence-corrected chi connectivity index (χ3v) is 5.09. The lowest BCUT2D eigenvalue weighted by atomic mass is 9.94. The number of likely N-dealkylation sites (tertiary alicyclic amines) is 1. The Morgan fingerprint density at radius 3 is 2.78 bits per heavy atom. The second-order valence-electron chi connectivity index (χ2n) is 7.14. The molecule has 1 saturated heterocycles. The van der Waals surface area contributed by atoms with Crippen molar-refractivity contribution in [2.75, 3.05) is 13.1 Å². The number of hydrogen-bond acceptors (Lipinski definition) is 4. The standard InChI is InChI=1S/C18H21F3N6/c1-12-8-17-23-15(9-16(18(19,20)21)27(17)24-12)13-4-3-7-26(10-13)11-14-5-6-22-25(14)2/h5-6,8-9,13H,3-4,7,10-11H2,1-2H3. The molecule has 0 aromatic carbocycles. The van der Waals surface area contributed by atoms with E-state index in [4.69, 9.17) is 0 Å². The van der Waals surface area contributed by atoms with Gasteiger partial charge in [0.2, 0.25) is 0 Å². The molecular weight excluding hydrogens is 357 g/mol. The van der Waals surface area contributed by atoms with Crippen LogP contribution < -0.4 is 0 Å². The summed E-state index contributed by atoms with van der Waals surface area (Å²) in [7, 11) is 1.89. The van der Waals surface area contributed by atoms with Crippen molar-refractivity contribution in [3.63, 3.8) is 0 Å². The van der Waals surface area contributed by atoms with Crippen molar-refractivity contribution in [1.29, 1.82) is 0 Å². The van der Waals surface area contributed by atoms with E-state index in [1.807, 2.05) is 17.8 Å². The van der Waals surface area contributed by atoms with Crippen molar-refractivity contribution < 1.29 is 13.2 Å². The second-order valence-corrected chi connectivity index (χ2v) is 7.14. The summed E-state index contributed by atoms with van der Waals surface area (Å²) in [4.78, 5) is 6.76. The van der Waals surface area contributed by atoms with Crippen LogP contribution >= 0.6 is 0 Å². The third kappa shape index (κ3) is 3.55. The molecule has 6 nitrogen and oxygen atoms in total. The van der Waals surface area contributed by atoms with E-state index in [1.54, 1.807) is 19.2 Å². The lowest BCUT2D eigenvalue weighted by molar-refractivity contribution is -0.142. The highest BCUT2D eigenvalue weighted by atomic mass is 19.4. The Morgan fingerprint density at radius 2 is 2.07 bits per heavy atom. The van der Waals surface area contributed by atoms with Crippen molar-refractivity contribution in [2.45, 2.75) is 38.4 Å². The first-order valence-corrected chi connectivity index (χ1v) is 8.95. The van der Waals surface area contributed by atoms with Gasteiger partial charge in [-0.1, -0.05) is 0 Å². The summed E-state index contributed by atoms with van der Waals surface area (Å²) in [5.74, 6) is -0.0340. The van der Waals surface area contributed by atoms with Crippen LogP contribution in [0.25, 0.3) is 5.65 Å². The molecule has 0 aliphatic carbocycles. The van der Waals surface area contributed by atoms with Gasteiger partial charge in [0, 0.05) is 44.0 Å². The molecule has 1 aliphatic rings. The topological polar surface area (TPSA) is 51.2 Å². The molecule has 0 amide bonds. The highest BCUT2D eigenvalue weighted by molar-refractivity contribution is 5.43. The average Bonchev–Trinajstić information content (AvgIpc) is 3.18. The van der Waals surface area contributed by atoms with E-state index in [0.717, 1.165) is 42.2 Å². The minimum Gasteiger partial charge on any atom is -0.297 e. The van der Waals surface area contributed by atoms with Crippen molar-refractivity contribution >= 4 is 5.65 Å². The molecule has 144 valence electrons. The Balaban J connectivity index is 1.64. The molecule has 0 spiro atoms. The van der Waals surface area contributed by atoms with E-state index >= 15 is 0 Å². The number of aryl methyl sites for hydroxylation is 2. The van der Waals surface area contributed by atoms with Crippen LogP contribution in [-0.2, 0) is 19.8 Å². The van der Waals surface area contributed by atoms with Gasteiger partial charge in [0.25, 0.3) is 0 Å². The first-order chi connectivity index (χ1) is 12.8. The molecule has 4 heterocycles. The minimum absolute atomic E-state index is 0.0340. The number of hydrogen-bond donors (Lipinski definition) is 0. The SMILES string of the molecule is Cc1cc2nc(C3CCCN(Cc4ccnn4C)C3)cc(C(F)(F)F)n2n1. The number of alkyl halides is 3. The molecular formula is C18H21F3N6. The molecule has 1 atom stereocenters. The summed E-state index contributed by atoms with van der Waals surface area (Å²) < 4.78 is 43.3. The Labute approximate surface area is 154 Å². The molecule has 9 heteroatoms. The van der Waals surface area contributed by atoms with E-state index in [1.165, 1.54) is 0 Å². The van der Waals surface area contributed by atoms with Crippen LogP contribution in [0.1, 0.15) is 41.5 Å². The van der Waals surface area contributed by atoms with Crippen LogP contribution in [0.3, 0.4) is 0 Å². The zero-order chi connectivity index (χ0) is 19.2. The molecule has 0 N–H and O–H groups in total. The van der Waals surface area contributed by atoms with Crippen LogP contribution in [0.2, 0.25) is 0 Å². The Hall–Kier alpha value is -2.42. The monoisotopic (exact) mass is 378 g/mol. The molecule has 0 saturated carbocycles. The summed E-state index contributed by atoms with van der Waals surface area (Å²) in [5, 5.41) is 8.13. The first-order valence-electron chi connectivity index (χ1n) is 8.95. The normalized spacial score (nSPS) is 19.1. The van der Waals surface area contributed by atoms with Crippen molar-refractivity contribution in [3.8, 4) is 0 Å². The fourth-order valence-electron chi connectivity index (χ4n) is 3.75. The maximum absolute atomic E-state index is 13.5. The van der Waals surface area contributed by atoms with Crippen molar-refractivity contribution in [1.82, 2.24) is 29.3 Å². The number of aromatic nitrogens is 5. The Morgan fingerprint density at radius 1 is 1.26 bits per heavy atom. The molecule has 1 fully saturated rings. The molecule has 1 unspecified atom stereocenters. The van der Waals surface area contributed by atoms with Crippen LogP contribution in [0, 0.1) is 6.92 Å². The quantitative estimate of drug-likeness (QED) is 0.703. The smallest absolute Gasteiger partial charge is 0.297 e.